The van der Waals surface area contributed by atoms with E-state index in [1.54, 1.807) is 19.1 Å². The van der Waals surface area contributed by atoms with Crippen molar-refractivity contribution < 1.29 is 14.8 Å². The lowest BCUT2D eigenvalue weighted by atomic mass is 10.2. The number of carboxylic acid groups (broad SMARTS) is 1. The summed E-state index contributed by atoms with van der Waals surface area (Å²) in [5.74, 6) is -0.238. The van der Waals surface area contributed by atoms with E-state index in [9.17, 15) is 14.9 Å². The molecule has 0 fully saturated rings. The van der Waals surface area contributed by atoms with Crippen molar-refractivity contribution in [3.63, 3.8) is 0 Å². The summed E-state index contributed by atoms with van der Waals surface area (Å²) in [6.45, 7) is 1.64. The van der Waals surface area contributed by atoms with Crippen LogP contribution in [-0.4, -0.2) is 21.8 Å². The third-order valence-corrected chi connectivity index (χ3v) is 4.47. The number of hydrogen-bond donors (Lipinski definition) is 1. The predicted octanol–water partition coefficient (Wildman–Crippen LogP) is 3.31. The van der Waals surface area contributed by atoms with Crippen LogP contribution >= 0.6 is 27.7 Å². The number of nitro groups is 1. The average molecular weight is 334 g/mol. The lowest BCUT2D eigenvalue weighted by Crippen LogP contribution is -2.11. The number of hydrogen-bond acceptors (Lipinski definition) is 4. The molecule has 1 N–H and O–H groups in total. The molecule has 0 heterocycles. The number of aliphatic carboxylic acids is 1. The zero-order valence-corrected chi connectivity index (χ0v) is 12.0. The highest BCUT2D eigenvalue weighted by Crippen LogP contribution is 2.30. The monoisotopic (exact) mass is 333 g/mol. The quantitative estimate of drug-likeness (QED) is 0.638. The van der Waals surface area contributed by atoms with Crippen LogP contribution in [0.3, 0.4) is 0 Å². The first kappa shape index (κ1) is 15.0. The van der Waals surface area contributed by atoms with Gasteiger partial charge in [-0.15, -0.1) is 0 Å². The van der Waals surface area contributed by atoms with Crippen molar-refractivity contribution in [1.29, 1.82) is 0 Å². The minimum atomic E-state index is -0.833. The number of carbonyl (C=O) groups is 1. The molecule has 1 rings (SSSR count). The predicted molar refractivity (Wildman–Crippen MR) is 73.8 cm³/mol. The summed E-state index contributed by atoms with van der Waals surface area (Å²) in [6, 6.07) is 4.84. The number of carboxylic acids is 1. The fraction of sp³-hybridized carbons (Fsp3) is 0.364. The van der Waals surface area contributed by atoms with Crippen molar-refractivity contribution in [2.75, 3.05) is 5.75 Å². The molecule has 0 saturated carbocycles. The van der Waals surface area contributed by atoms with Gasteiger partial charge >= 0.3 is 5.97 Å². The molecule has 0 amide bonds. The van der Waals surface area contributed by atoms with Gasteiger partial charge in [-0.25, -0.2) is 0 Å². The first-order valence-electron chi connectivity index (χ1n) is 5.15. The van der Waals surface area contributed by atoms with Crippen molar-refractivity contribution in [2.45, 2.75) is 12.7 Å². The minimum Gasteiger partial charge on any atom is -0.481 e. The second-order valence-corrected chi connectivity index (χ2v) is 5.59. The normalized spacial score (nSPS) is 12.1. The molecule has 0 bridgehead atoms. The molecule has 1 aromatic rings. The Morgan fingerprint density at radius 1 is 1.61 bits per heavy atom. The van der Waals surface area contributed by atoms with Crippen LogP contribution in [0.15, 0.2) is 22.7 Å². The highest BCUT2D eigenvalue weighted by molar-refractivity contribution is 9.10. The molecule has 98 valence electrons. The number of thioether (sulfide) groups is 1. The molecule has 0 aliphatic carbocycles. The smallest absolute Gasteiger partial charge is 0.307 e. The maximum Gasteiger partial charge on any atom is 0.307 e. The topological polar surface area (TPSA) is 80.4 Å². The number of halogens is 1. The van der Waals surface area contributed by atoms with Gasteiger partial charge in [0.15, 0.2) is 0 Å². The second kappa shape index (κ2) is 6.75. The van der Waals surface area contributed by atoms with Gasteiger partial charge in [0.1, 0.15) is 0 Å². The molecule has 5 nitrogen and oxygen atoms in total. The zero-order valence-electron chi connectivity index (χ0n) is 9.63. The fourth-order valence-corrected chi connectivity index (χ4v) is 3.05. The summed E-state index contributed by atoms with van der Waals surface area (Å²) in [4.78, 5) is 20.9. The Hall–Kier alpha value is -1.08. The van der Waals surface area contributed by atoms with Gasteiger partial charge in [-0.05, 0) is 21.5 Å². The van der Waals surface area contributed by atoms with Crippen molar-refractivity contribution in [3.8, 4) is 0 Å². The molecule has 1 atom stereocenters. The van der Waals surface area contributed by atoms with Crippen molar-refractivity contribution in [1.82, 2.24) is 0 Å². The maximum absolute atomic E-state index is 10.7. The van der Waals surface area contributed by atoms with Crippen LogP contribution < -0.4 is 0 Å². The Morgan fingerprint density at radius 3 is 2.83 bits per heavy atom. The maximum atomic E-state index is 10.7. The highest BCUT2D eigenvalue weighted by atomic mass is 79.9. The van der Waals surface area contributed by atoms with Gasteiger partial charge in [-0.1, -0.05) is 19.1 Å². The van der Waals surface area contributed by atoms with E-state index >= 15 is 0 Å². The molecule has 18 heavy (non-hydrogen) atoms. The Balaban J connectivity index is 2.66. The Bertz CT molecular complexity index is 466. The van der Waals surface area contributed by atoms with Gasteiger partial charge in [0, 0.05) is 17.6 Å². The van der Waals surface area contributed by atoms with Gasteiger partial charge in [0.25, 0.3) is 5.69 Å². The van der Waals surface area contributed by atoms with E-state index in [-0.39, 0.29) is 5.69 Å². The van der Waals surface area contributed by atoms with Gasteiger partial charge < -0.3 is 5.11 Å². The molecule has 1 aromatic carbocycles. The molecular weight excluding hydrogens is 322 g/mol. The van der Waals surface area contributed by atoms with E-state index in [4.69, 9.17) is 5.11 Å². The first-order chi connectivity index (χ1) is 8.43. The van der Waals surface area contributed by atoms with Gasteiger partial charge in [-0.2, -0.15) is 11.8 Å². The van der Waals surface area contributed by atoms with E-state index in [2.05, 4.69) is 15.9 Å². The summed E-state index contributed by atoms with van der Waals surface area (Å²) in [5, 5.41) is 19.5. The van der Waals surface area contributed by atoms with Crippen LogP contribution in [0.5, 0.6) is 0 Å². The minimum absolute atomic E-state index is 0.0272. The summed E-state index contributed by atoms with van der Waals surface area (Å²) in [7, 11) is 0. The first-order valence-corrected chi connectivity index (χ1v) is 7.10. The van der Waals surface area contributed by atoms with Gasteiger partial charge in [0.2, 0.25) is 0 Å². The van der Waals surface area contributed by atoms with Gasteiger partial charge in [0.05, 0.1) is 15.3 Å². The van der Waals surface area contributed by atoms with Crippen molar-refractivity contribution in [3.05, 3.63) is 38.3 Å². The molecule has 0 aliphatic heterocycles. The molecule has 0 aliphatic rings. The third kappa shape index (κ3) is 3.99. The van der Waals surface area contributed by atoms with Crippen molar-refractivity contribution in [2.24, 2.45) is 5.92 Å². The Morgan fingerprint density at radius 2 is 2.28 bits per heavy atom. The number of rotatable bonds is 6. The van der Waals surface area contributed by atoms with Crippen molar-refractivity contribution >= 4 is 39.3 Å². The van der Waals surface area contributed by atoms with Crippen LogP contribution in [0.2, 0.25) is 0 Å². The average Bonchev–Trinajstić information content (AvgIpc) is 2.30. The molecule has 0 radical (unpaired) electrons. The molecular formula is C11H12BrNO4S. The van der Waals surface area contributed by atoms with E-state index in [1.165, 1.54) is 17.8 Å². The van der Waals surface area contributed by atoms with E-state index in [0.29, 0.717) is 16.0 Å². The number of nitro benzene ring substituents is 1. The SMILES string of the molecule is CC(CSCc1cccc([N+](=O)[O-])c1Br)C(=O)O. The Labute approximate surface area is 117 Å². The lowest BCUT2D eigenvalue weighted by Gasteiger charge is -2.07. The van der Waals surface area contributed by atoms with Crippen LogP contribution in [0.4, 0.5) is 5.69 Å². The van der Waals surface area contributed by atoms with E-state index < -0.39 is 16.8 Å². The van der Waals surface area contributed by atoms with E-state index in [1.807, 2.05) is 0 Å². The Kier molecular flexibility index (Phi) is 5.61. The highest BCUT2D eigenvalue weighted by Gasteiger charge is 2.16. The summed E-state index contributed by atoms with van der Waals surface area (Å²) in [6.07, 6.45) is 0. The fourth-order valence-electron chi connectivity index (χ4n) is 1.24. The summed E-state index contributed by atoms with van der Waals surface area (Å²) >= 11 is 4.65. The number of benzene rings is 1. The summed E-state index contributed by atoms with van der Waals surface area (Å²) in [5.41, 5.74) is 0.825. The molecule has 1 unspecified atom stereocenters. The molecule has 7 heteroatoms. The molecule has 0 aromatic heterocycles. The molecule has 0 spiro atoms. The standard InChI is InChI=1S/C11H12BrNO4S/c1-7(11(14)15)5-18-6-8-3-2-4-9(10(8)12)13(16)17/h2-4,7H,5-6H2,1H3,(H,14,15). The second-order valence-electron chi connectivity index (χ2n) is 3.76. The third-order valence-electron chi connectivity index (χ3n) is 2.30. The van der Waals surface area contributed by atoms with E-state index in [0.717, 1.165) is 5.56 Å². The largest absolute Gasteiger partial charge is 0.481 e. The van der Waals surface area contributed by atoms with Crippen LogP contribution in [0.1, 0.15) is 12.5 Å². The van der Waals surface area contributed by atoms with Gasteiger partial charge in [-0.3, -0.25) is 14.9 Å². The zero-order chi connectivity index (χ0) is 13.7. The molecule has 0 saturated heterocycles. The lowest BCUT2D eigenvalue weighted by molar-refractivity contribution is -0.385. The summed E-state index contributed by atoms with van der Waals surface area (Å²) < 4.78 is 0.463. The van der Waals surface area contributed by atoms with Crippen LogP contribution in [-0.2, 0) is 10.5 Å². The van der Waals surface area contributed by atoms with Crippen LogP contribution in [0.25, 0.3) is 0 Å². The number of nitrogens with zero attached hydrogens (tertiary/aromatic N) is 1. The van der Waals surface area contributed by atoms with Crippen LogP contribution in [0, 0.1) is 16.0 Å².